The van der Waals surface area contributed by atoms with E-state index in [0.717, 1.165) is 12.8 Å². The first-order valence-electron chi connectivity index (χ1n) is 8.74. The van der Waals surface area contributed by atoms with Gasteiger partial charge in [0.2, 0.25) is 0 Å². The zero-order chi connectivity index (χ0) is 15.3. The highest BCUT2D eigenvalue weighted by Crippen LogP contribution is 2.19. The molecule has 0 aromatic rings. The maximum atomic E-state index is 10.6. The van der Waals surface area contributed by atoms with Gasteiger partial charge in [0, 0.05) is 0 Å². The average Bonchev–Trinajstić information content (AvgIpc) is 2.45. The fraction of sp³-hybridized carbons (Fsp3) is 0.833. The molecule has 0 aliphatic heterocycles. The summed E-state index contributed by atoms with van der Waals surface area (Å²) in [5.41, 5.74) is 1.17. The van der Waals surface area contributed by atoms with Crippen molar-refractivity contribution >= 4 is 6.16 Å². The van der Waals surface area contributed by atoms with Gasteiger partial charge >= 0.3 is 6.16 Å². The summed E-state index contributed by atoms with van der Waals surface area (Å²) < 4.78 is 4.77. The van der Waals surface area contributed by atoms with Crippen molar-refractivity contribution in [2.24, 2.45) is 5.92 Å². The van der Waals surface area contributed by atoms with Crippen molar-refractivity contribution in [2.75, 3.05) is 6.61 Å². The van der Waals surface area contributed by atoms with E-state index < -0.39 is 6.16 Å². The van der Waals surface area contributed by atoms with Crippen LogP contribution in [0.4, 0.5) is 4.79 Å². The second-order valence-corrected chi connectivity index (χ2v) is 6.43. The molecule has 0 heterocycles. The van der Waals surface area contributed by atoms with Crippen molar-refractivity contribution < 1.29 is 14.6 Å². The Morgan fingerprint density at radius 1 is 1.05 bits per heavy atom. The van der Waals surface area contributed by atoms with E-state index in [9.17, 15) is 4.79 Å². The van der Waals surface area contributed by atoms with Crippen LogP contribution in [0.1, 0.15) is 84.0 Å². The third-order valence-corrected chi connectivity index (χ3v) is 4.31. The minimum atomic E-state index is -1.17. The number of hydrogen-bond donors (Lipinski definition) is 1. The van der Waals surface area contributed by atoms with Crippen LogP contribution in [-0.2, 0) is 4.74 Å². The van der Waals surface area contributed by atoms with Crippen molar-refractivity contribution in [3.05, 3.63) is 11.6 Å². The Balaban J connectivity index is 2.48. The number of rotatable bonds is 2. The van der Waals surface area contributed by atoms with E-state index in [1.807, 2.05) is 0 Å². The maximum Gasteiger partial charge on any atom is 0.506 e. The van der Waals surface area contributed by atoms with Gasteiger partial charge in [-0.15, -0.1) is 0 Å². The zero-order valence-corrected chi connectivity index (χ0v) is 13.6. The first-order chi connectivity index (χ1) is 10.2. The van der Waals surface area contributed by atoms with E-state index in [-0.39, 0.29) is 6.61 Å². The number of carbonyl (C=O) groups is 1. The molecule has 21 heavy (non-hydrogen) atoms. The molecule has 0 saturated carbocycles. The van der Waals surface area contributed by atoms with Gasteiger partial charge < -0.3 is 9.84 Å². The smallest absolute Gasteiger partial charge is 0.450 e. The monoisotopic (exact) mass is 296 g/mol. The lowest BCUT2D eigenvalue weighted by molar-refractivity contribution is 0.0987. The molecule has 1 aliphatic rings. The van der Waals surface area contributed by atoms with Crippen LogP contribution in [0.25, 0.3) is 0 Å². The van der Waals surface area contributed by atoms with Gasteiger partial charge in [-0.25, -0.2) is 4.79 Å². The van der Waals surface area contributed by atoms with Gasteiger partial charge in [-0.2, -0.15) is 0 Å². The van der Waals surface area contributed by atoms with Gasteiger partial charge in [0.15, 0.2) is 0 Å². The average molecular weight is 296 g/mol. The number of hydrogen-bond acceptors (Lipinski definition) is 2. The molecule has 3 heteroatoms. The lowest BCUT2D eigenvalue weighted by Crippen LogP contribution is -2.06. The van der Waals surface area contributed by atoms with E-state index in [4.69, 9.17) is 9.84 Å². The van der Waals surface area contributed by atoms with E-state index in [0.29, 0.717) is 5.92 Å². The molecule has 0 saturated heterocycles. The minimum absolute atomic E-state index is 0.250. The predicted molar refractivity (Wildman–Crippen MR) is 86.6 cm³/mol. The predicted octanol–water partition coefficient (Wildman–Crippen LogP) is 5.94. The minimum Gasteiger partial charge on any atom is -0.450 e. The molecule has 0 amide bonds. The molecular weight excluding hydrogens is 264 g/mol. The fourth-order valence-electron chi connectivity index (χ4n) is 3.08. The molecule has 3 nitrogen and oxygen atoms in total. The second kappa shape index (κ2) is 11.6. The fourth-order valence-corrected chi connectivity index (χ4v) is 3.08. The first kappa shape index (κ1) is 18.1. The molecule has 0 fully saturated rings. The van der Waals surface area contributed by atoms with Crippen molar-refractivity contribution in [3.63, 3.8) is 0 Å². The van der Waals surface area contributed by atoms with Crippen molar-refractivity contribution in [3.8, 4) is 0 Å². The van der Waals surface area contributed by atoms with Gasteiger partial charge in [-0.1, -0.05) is 70.8 Å². The van der Waals surface area contributed by atoms with Crippen LogP contribution < -0.4 is 0 Å². The molecule has 0 radical (unpaired) electrons. The lowest BCUT2D eigenvalue weighted by Gasteiger charge is -2.11. The molecule has 122 valence electrons. The third kappa shape index (κ3) is 10.4. The van der Waals surface area contributed by atoms with E-state index in [1.54, 1.807) is 0 Å². The highest BCUT2D eigenvalue weighted by Gasteiger charge is 2.06. The van der Waals surface area contributed by atoms with Gasteiger partial charge in [0.25, 0.3) is 0 Å². The summed E-state index contributed by atoms with van der Waals surface area (Å²) in [6, 6.07) is 0. The molecule has 0 bridgehead atoms. The largest absolute Gasteiger partial charge is 0.506 e. The molecule has 1 aliphatic carbocycles. The first-order valence-corrected chi connectivity index (χ1v) is 8.74. The van der Waals surface area contributed by atoms with Crippen LogP contribution in [0.15, 0.2) is 11.6 Å². The lowest BCUT2D eigenvalue weighted by atomic mass is 9.98. The van der Waals surface area contributed by atoms with Gasteiger partial charge in [0.1, 0.15) is 6.61 Å². The molecule has 1 atom stereocenters. The molecule has 1 rings (SSSR count). The molecule has 1 N–H and O–H groups in total. The summed E-state index contributed by atoms with van der Waals surface area (Å²) in [5.74, 6) is 0.530. The number of carboxylic acid groups (broad SMARTS) is 1. The highest BCUT2D eigenvalue weighted by atomic mass is 16.7. The Morgan fingerprint density at radius 3 is 2.14 bits per heavy atom. The van der Waals surface area contributed by atoms with Gasteiger partial charge in [-0.05, 0) is 30.8 Å². The zero-order valence-electron chi connectivity index (χ0n) is 13.6. The Labute approximate surface area is 129 Å². The van der Waals surface area contributed by atoms with Crippen molar-refractivity contribution in [1.29, 1.82) is 0 Å². The molecular formula is C18H32O3. The SMILES string of the molecule is C[C@H]1C=C(COC(=O)O)CCCCCCCCCCCC1. The van der Waals surface area contributed by atoms with Crippen molar-refractivity contribution in [1.82, 2.24) is 0 Å². The maximum absolute atomic E-state index is 10.6. The Hall–Kier alpha value is -0.990. The number of ether oxygens (including phenoxy) is 1. The van der Waals surface area contributed by atoms with Crippen LogP contribution >= 0.6 is 0 Å². The normalized spacial score (nSPS) is 23.5. The van der Waals surface area contributed by atoms with Crippen LogP contribution in [-0.4, -0.2) is 17.9 Å². The van der Waals surface area contributed by atoms with E-state index in [2.05, 4.69) is 13.0 Å². The molecule has 0 aromatic carbocycles. The van der Waals surface area contributed by atoms with Crippen LogP contribution in [0.5, 0.6) is 0 Å². The number of allylic oxidation sites excluding steroid dienone is 1. The van der Waals surface area contributed by atoms with E-state index in [1.165, 1.54) is 69.8 Å². The summed E-state index contributed by atoms with van der Waals surface area (Å²) >= 11 is 0. The molecule has 0 spiro atoms. The summed E-state index contributed by atoms with van der Waals surface area (Å²) in [7, 11) is 0. The Morgan fingerprint density at radius 2 is 1.57 bits per heavy atom. The van der Waals surface area contributed by atoms with Crippen LogP contribution in [0.2, 0.25) is 0 Å². The summed E-state index contributed by atoms with van der Waals surface area (Å²) in [5, 5.41) is 8.67. The van der Waals surface area contributed by atoms with E-state index >= 15 is 0 Å². The third-order valence-electron chi connectivity index (χ3n) is 4.31. The highest BCUT2D eigenvalue weighted by molar-refractivity contribution is 5.57. The Kier molecular flexibility index (Phi) is 10.0. The van der Waals surface area contributed by atoms with Crippen LogP contribution in [0, 0.1) is 5.92 Å². The summed E-state index contributed by atoms with van der Waals surface area (Å²) in [6.07, 6.45) is 16.5. The second-order valence-electron chi connectivity index (χ2n) is 6.43. The Bertz CT molecular complexity index is 310. The van der Waals surface area contributed by atoms with Gasteiger partial charge in [-0.3, -0.25) is 0 Å². The molecule has 0 aromatic heterocycles. The van der Waals surface area contributed by atoms with Gasteiger partial charge in [0.05, 0.1) is 0 Å². The van der Waals surface area contributed by atoms with Crippen molar-refractivity contribution in [2.45, 2.75) is 84.0 Å². The topological polar surface area (TPSA) is 46.5 Å². The summed E-state index contributed by atoms with van der Waals surface area (Å²) in [4.78, 5) is 10.6. The summed E-state index contributed by atoms with van der Waals surface area (Å²) in [6.45, 7) is 2.48. The molecule has 0 unspecified atom stereocenters. The quantitative estimate of drug-likeness (QED) is 0.507. The van der Waals surface area contributed by atoms with Crippen LogP contribution in [0.3, 0.4) is 0 Å². The standard InChI is InChI=1S/C18H32O3/c1-16-12-10-8-6-4-2-3-5-7-9-11-13-17(14-16)15-21-18(19)20/h14,16H,2-13,15H2,1H3,(H,19,20)/t16-/m1/s1.